The predicted molar refractivity (Wildman–Crippen MR) is 189 cm³/mol. The fourth-order valence-electron chi connectivity index (χ4n) is 6.96. The summed E-state index contributed by atoms with van der Waals surface area (Å²) in [5.41, 5.74) is 0. The first-order valence-corrected chi connectivity index (χ1v) is 19.8. The number of unbranched alkanes of at least 4 members (excludes halogenated alkanes) is 25. The van der Waals surface area contributed by atoms with E-state index < -0.39 is 0 Å². The Morgan fingerprint density at radius 1 is 0.452 bits per heavy atom. The molecule has 0 aliphatic heterocycles. The van der Waals surface area contributed by atoms with E-state index in [-0.39, 0.29) is 0 Å². The average molecular weight is 588 g/mol. The van der Waals surface area contributed by atoms with Crippen LogP contribution in [0.5, 0.6) is 0 Å². The van der Waals surface area contributed by atoms with Gasteiger partial charge in [0.1, 0.15) is 12.4 Å². The van der Waals surface area contributed by atoms with Crippen LogP contribution in [-0.2, 0) is 0 Å². The first-order valence-electron chi connectivity index (χ1n) is 19.8. The fraction of sp³-hybridized carbons (Fsp3) is 0.925. The molecule has 2 heteroatoms. The number of rotatable bonds is 33. The highest BCUT2D eigenvalue weighted by Gasteiger charge is 2.25. The first-order chi connectivity index (χ1) is 20.7. The molecule has 0 spiro atoms. The Morgan fingerprint density at radius 2 is 0.762 bits per heavy atom. The Morgan fingerprint density at radius 3 is 1.14 bits per heavy atom. The molecule has 0 aliphatic carbocycles. The van der Waals surface area contributed by atoms with Crippen LogP contribution in [-0.4, -0.2) is 4.98 Å². The van der Waals surface area contributed by atoms with Crippen molar-refractivity contribution in [3.05, 3.63) is 18.2 Å². The maximum Gasteiger partial charge on any atom is 0.257 e. The monoisotopic (exact) mass is 588 g/mol. The minimum absolute atomic E-state index is 0.620. The molecule has 0 aromatic carbocycles. The first kappa shape index (κ1) is 39.2. The van der Waals surface area contributed by atoms with E-state index in [0.717, 1.165) is 0 Å². The fourth-order valence-corrected chi connectivity index (χ4v) is 6.96. The van der Waals surface area contributed by atoms with Gasteiger partial charge in [0.25, 0.3) is 5.82 Å². The number of H-pyrrole nitrogens is 1. The van der Waals surface area contributed by atoms with E-state index in [4.69, 9.17) is 0 Å². The molecule has 0 radical (unpaired) electrons. The van der Waals surface area contributed by atoms with Gasteiger partial charge in [0, 0.05) is 0 Å². The highest BCUT2D eigenvalue weighted by molar-refractivity contribution is 4.90. The second-order valence-electron chi connectivity index (χ2n) is 14.0. The lowest BCUT2D eigenvalue weighted by Gasteiger charge is -2.17. The van der Waals surface area contributed by atoms with E-state index in [1.54, 1.807) is 0 Å². The highest BCUT2D eigenvalue weighted by Crippen LogP contribution is 2.27. The molecular formula is C40H79N2+. The van der Waals surface area contributed by atoms with Crippen LogP contribution in [0.25, 0.3) is 0 Å². The summed E-state index contributed by atoms with van der Waals surface area (Å²) < 4.78 is 2.63. The van der Waals surface area contributed by atoms with Crippen molar-refractivity contribution in [1.29, 1.82) is 0 Å². The normalized spacial score (nSPS) is 13.1. The summed E-state index contributed by atoms with van der Waals surface area (Å²) in [4.78, 5) is 3.73. The number of aromatic amines is 1. The lowest BCUT2D eigenvalue weighted by Crippen LogP contribution is -2.41. The van der Waals surface area contributed by atoms with Crippen LogP contribution in [0, 0.1) is 0 Å². The zero-order chi connectivity index (χ0) is 30.4. The number of imidazole rings is 1. The summed E-state index contributed by atoms with van der Waals surface area (Å²) >= 11 is 0. The SMILES string of the molecule is CCCCCCCCCCCCCCCCC(CCCCCC)c1[nH]cc[n+]1C(C)CCCCCCCCCCCC. The van der Waals surface area contributed by atoms with Crippen LogP contribution in [0.2, 0.25) is 0 Å². The van der Waals surface area contributed by atoms with Crippen molar-refractivity contribution in [2.24, 2.45) is 0 Å². The summed E-state index contributed by atoms with van der Waals surface area (Å²) in [7, 11) is 0. The minimum atomic E-state index is 0.620. The summed E-state index contributed by atoms with van der Waals surface area (Å²) in [6, 6.07) is 0.620. The molecule has 0 fully saturated rings. The lowest BCUT2D eigenvalue weighted by molar-refractivity contribution is -0.727. The van der Waals surface area contributed by atoms with Gasteiger partial charge in [0.15, 0.2) is 0 Å². The van der Waals surface area contributed by atoms with Crippen LogP contribution in [0.4, 0.5) is 0 Å². The van der Waals surface area contributed by atoms with Crippen molar-refractivity contribution < 1.29 is 4.57 Å². The molecule has 1 aromatic heterocycles. The lowest BCUT2D eigenvalue weighted by atomic mass is 9.93. The van der Waals surface area contributed by atoms with Crippen LogP contribution in [0.15, 0.2) is 12.4 Å². The van der Waals surface area contributed by atoms with Crippen LogP contribution in [0.1, 0.15) is 245 Å². The second-order valence-corrected chi connectivity index (χ2v) is 14.0. The van der Waals surface area contributed by atoms with Crippen molar-refractivity contribution in [2.75, 3.05) is 0 Å². The molecule has 1 aromatic rings. The molecule has 2 unspecified atom stereocenters. The Bertz CT molecular complexity index is 650. The highest BCUT2D eigenvalue weighted by atomic mass is 15.1. The number of hydrogen-bond donors (Lipinski definition) is 1. The Labute approximate surface area is 266 Å². The molecule has 2 nitrogen and oxygen atoms in total. The molecule has 0 amide bonds. The average Bonchev–Trinajstić information content (AvgIpc) is 3.49. The molecule has 0 aliphatic rings. The number of nitrogens with one attached hydrogen (secondary N) is 1. The Hall–Kier alpha value is -0.790. The van der Waals surface area contributed by atoms with Crippen molar-refractivity contribution in [3.8, 4) is 0 Å². The molecule has 42 heavy (non-hydrogen) atoms. The van der Waals surface area contributed by atoms with Gasteiger partial charge >= 0.3 is 0 Å². The molecule has 0 bridgehead atoms. The maximum atomic E-state index is 3.73. The van der Waals surface area contributed by atoms with Gasteiger partial charge < -0.3 is 0 Å². The second kappa shape index (κ2) is 30.2. The molecule has 1 rings (SSSR count). The van der Waals surface area contributed by atoms with Crippen LogP contribution >= 0.6 is 0 Å². The standard InChI is InChI=1S/C40H78N2/c1-5-8-11-14-16-18-20-21-22-23-25-27-29-32-35-39(34-31-13-10-7-3)40-41-36-37-42(40)38(4)33-30-28-26-24-19-17-15-12-9-6-2/h36-39H,5-35H2,1-4H3/p+1. The van der Waals surface area contributed by atoms with Gasteiger partial charge in [0.05, 0.1) is 12.0 Å². The summed E-state index contributed by atoms with van der Waals surface area (Å²) in [5, 5.41) is 0. The van der Waals surface area contributed by atoms with Crippen molar-refractivity contribution in [2.45, 2.75) is 239 Å². The van der Waals surface area contributed by atoms with Gasteiger partial charge in [0.2, 0.25) is 0 Å². The van der Waals surface area contributed by atoms with Gasteiger partial charge in [-0.2, -0.15) is 0 Å². The van der Waals surface area contributed by atoms with Crippen LogP contribution in [0.3, 0.4) is 0 Å². The van der Waals surface area contributed by atoms with Crippen molar-refractivity contribution >= 4 is 0 Å². The zero-order valence-corrected chi connectivity index (χ0v) is 29.7. The van der Waals surface area contributed by atoms with E-state index in [2.05, 4.69) is 49.6 Å². The zero-order valence-electron chi connectivity index (χ0n) is 29.7. The van der Waals surface area contributed by atoms with E-state index in [1.807, 2.05) is 0 Å². The third-order valence-corrected chi connectivity index (χ3v) is 9.89. The van der Waals surface area contributed by atoms with Gasteiger partial charge in [-0.05, 0) is 32.6 Å². The summed E-state index contributed by atoms with van der Waals surface area (Å²) in [5.74, 6) is 2.24. The molecular weight excluding hydrogens is 508 g/mol. The van der Waals surface area contributed by atoms with Crippen molar-refractivity contribution in [1.82, 2.24) is 4.98 Å². The summed E-state index contributed by atoms with van der Waals surface area (Å²) in [6.45, 7) is 9.42. The van der Waals surface area contributed by atoms with Crippen LogP contribution < -0.4 is 4.57 Å². The van der Waals surface area contributed by atoms with Crippen molar-refractivity contribution in [3.63, 3.8) is 0 Å². The Balaban J connectivity index is 2.29. The topological polar surface area (TPSA) is 19.7 Å². The van der Waals surface area contributed by atoms with E-state index in [1.165, 1.54) is 205 Å². The predicted octanol–water partition coefficient (Wildman–Crippen LogP) is 14.1. The third-order valence-electron chi connectivity index (χ3n) is 9.89. The number of hydrogen-bond acceptors (Lipinski definition) is 0. The summed E-state index contributed by atoms with van der Waals surface area (Å²) in [6.07, 6.45) is 48.7. The molecule has 1 heterocycles. The molecule has 2 atom stereocenters. The maximum absolute atomic E-state index is 3.73. The third kappa shape index (κ3) is 21.8. The van der Waals surface area contributed by atoms with E-state index in [0.29, 0.717) is 12.0 Å². The number of nitrogens with zero attached hydrogens (tertiary/aromatic N) is 1. The van der Waals surface area contributed by atoms with Gasteiger partial charge in [-0.15, -0.1) is 0 Å². The molecule has 248 valence electrons. The molecule has 0 saturated carbocycles. The largest absolute Gasteiger partial charge is 0.257 e. The smallest absolute Gasteiger partial charge is 0.247 e. The Kier molecular flexibility index (Phi) is 28.3. The van der Waals surface area contributed by atoms with Gasteiger partial charge in [-0.3, -0.25) is 0 Å². The van der Waals surface area contributed by atoms with E-state index >= 15 is 0 Å². The molecule has 0 saturated heterocycles. The quantitative estimate of drug-likeness (QED) is 0.0623. The van der Waals surface area contributed by atoms with Gasteiger partial charge in [-0.25, -0.2) is 9.55 Å². The number of aromatic nitrogens is 2. The van der Waals surface area contributed by atoms with E-state index in [9.17, 15) is 0 Å². The van der Waals surface area contributed by atoms with Gasteiger partial charge in [-0.1, -0.05) is 194 Å². The molecule has 1 N–H and O–H groups in total. The minimum Gasteiger partial charge on any atom is -0.247 e.